The lowest BCUT2D eigenvalue weighted by molar-refractivity contribution is -0.135. The van der Waals surface area contributed by atoms with Crippen molar-refractivity contribution < 1.29 is 9.90 Å². The summed E-state index contributed by atoms with van der Waals surface area (Å²) in [6.45, 7) is 1.19. The van der Waals surface area contributed by atoms with Crippen LogP contribution in [0.15, 0.2) is 72.8 Å². The van der Waals surface area contributed by atoms with Crippen LogP contribution in [0, 0.1) is 0 Å². The number of likely N-dealkylation sites (tertiary alicyclic amines) is 1. The van der Waals surface area contributed by atoms with Crippen LogP contribution in [-0.4, -0.2) is 41.7 Å². The largest absolute Gasteiger partial charge is 0.389 e. The number of benzene rings is 3. The third-order valence-electron chi connectivity index (χ3n) is 7.87. The number of likely N-dealkylation sites (N-methyl/N-ethyl adjacent to an activating group) is 1. The van der Waals surface area contributed by atoms with Gasteiger partial charge in [0.05, 0.1) is 11.6 Å². The van der Waals surface area contributed by atoms with Crippen molar-refractivity contribution in [3.05, 3.63) is 99.5 Å². The molecule has 36 heavy (non-hydrogen) atoms. The fourth-order valence-electron chi connectivity index (χ4n) is 5.92. The molecule has 0 unspecified atom stereocenters. The van der Waals surface area contributed by atoms with Gasteiger partial charge >= 0.3 is 0 Å². The first-order valence-corrected chi connectivity index (χ1v) is 13.4. The zero-order valence-electron chi connectivity index (χ0n) is 20.5. The van der Waals surface area contributed by atoms with Gasteiger partial charge in [-0.3, -0.25) is 4.79 Å². The van der Waals surface area contributed by atoms with Crippen LogP contribution in [0.5, 0.6) is 0 Å². The van der Waals surface area contributed by atoms with Crippen molar-refractivity contribution in [1.29, 1.82) is 0 Å². The molecule has 3 aromatic rings. The van der Waals surface area contributed by atoms with E-state index in [0.717, 1.165) is 17.7 Å². The number of halogens is 2. The number of hydrogen-bond acceptors (Lipinski definition) is 3. The molecule has 4 nitrogen and oxygen atoms in total. The first-order chi connectivity index (χ1) is 17.3. The molecule has 2 heterocycles. The third-order valence-corrected chi connectivity index (χ3v) is 8.36. The highest BCUT2D eigenvalue weighted by molar-refractivity contribution is 6.31. The summed E-state index contributed by atoms with van der Waals surface area (Å²) in [5, 5.41) is 12.5. The molecule has 3 aromatic carbocycles. The van der Waals surface area contributed by atoms with Gasteiger partial charge < -0.3 is 14.9 Å². The lowest BCUT2D eigenvalue weighted by atomic mass is 9.84. The number of nitrogens with zero attached hydrogens (tertiary/aromatic N) is 2. The second-order valence-electron chi connectivity index (χ2n) is 10.2. The fourth-order valence-corrected chi connectivity index (χ4v) is 6.23. The minimum Gasteiger partial charge on any atom is -0.389 e. The maximum absolute atomic E-state index is 13.3. The average Bonchev–Trinajstić information content (AvgIpc) is 3.14. The standard InChI is InChI=1S/C30H32Cl2N2O2/c1-33-27-13-11-24(32)19-26(27)25(29(33)22-7-9-23(31)10-8-22)12-14-28(35)34-17-15-30(36,16-18-34)20-21-5-3-2-4-6-21/h2-11,13,19,25,29,36H,12,14-18,20H2,1H3/t25-,29+/m0/s1. The Morgan fingerprint density at radius 1 is 0.972 bits per heavy atom. The van der Waals surface area contributed by atoms with E-state index in [1.165, 1.54) is 11.1 Å². The first-order valence-electron chi connectivity index (χ1n) is 12.6. The van der Waals surface area contributed by atoms with Crippen LogP contribution in [0.3, 0.4) is 0 Å². The van der Waals surface area contributed by atoms with E-state index < -0.39 is 5.60 Å². The van der Waals surface area contributed by atoms with E-state index in [0.29, 0.717) is 48.8 Å². The van der Waals surface area contributed by atoms with E-state index in [4.69, 9.17) is 23.2 Å². The summed E-state index contributed by atoms with van der Waals surface area (Å²) < 4.78 is 0. The fraction of sp³-hybridized carbons (Fsp3) is 0.367. The number of aliphatic hydroxyl groups is 1. The Morgan fingerprint density at radius 2 is 1.64 bits per heavy atom. The number of piperidine rings is 1. The third kappa shape index (κ3) is 5.27. The molecule has 1 saturated heterocycles. The maximum Gasteiger partial charge on any atom is 0.222 e. The predicted molar refractivity (Wildman–Crippen MR) is 147 cm³/mol. The molecular weight excluding hydrogens is 491 g/mol. The molecule has 2 aliphatic heterocycles. The van der Waals surface area contributed by atoms with Gasteiger partial charge in [0.25, 0.3) is 0 Å². The Kier molecular flexibility index (Phi) is 7.30. The lowest BCUT2D eigenvalue weighted by Crippen LogP contribution is -2.47. The van der Waals surface area contributed by atoms with Crippen molar-refractivity contribution in [2.24, 2.45) is 0 Å². The average molecular weight is 524 g/mol. The highest BCUT2D eigenvalue weighted by Gasteiger charge is 2.39. The van der Waals surface area contributed by atoms with Gasteiger partial charge in [-0.1, -0.05) is 65.7 Å². The summed E-state index contributed by atoms with van der Waals surface area (Å²) in [7, 11) is 2.10. The summed E-state index contributed by atoms with van der Waals surface area (Å²) >= 11 is 12.5. The zero-order chi connectivity index (χ0) is 25.3. The van der Waals surface area contributed by atoms with E-state index in [2.05, 4.69) is 42.3 Å². The number of rotatable bonds is 6. The molecule has 2 atom stereocenters. The van der Waals surface area contributed by atoms with E-state index in [-0.39, 0.29) is 17.9 Å². The SMILES string of the molecule is CN1c2ccc(Cl)cc2[C@H](CCC(=O)N2CCC(O)(Cc3ccccc3)CC2)[C@H]1c1ccc(Cl)cc1. The number of fused-ring (bicyclic) bond motifs is 1. The van der Waals surface area contributed by atoms with Gasteiger partial charge in [-0.15, -0.1) is 0 Å². The molecule has 5 rings (SSSR count). The second-order valence-corrected chi connectivity index (χ2v) is 11.1. The Balaban J connectivity index is 1.26. The molecule has 0 radical (unpaired) electrons. The number of amides is 1. The molecule has 6 heteroatoms. The van der Waals surface area contributed by atoms with Crippen molar-refractivity contribution >= 4 is 34.8 Å². The Labute approximate surface area is 223 Å². The maximum atomic E-state index is 13.3. The van der Waals surface area contributed by atoms with Crippen LogP contribution in [0.25, 0.3) is 0 Å². The minimum absolute atomic E-state index is 0.112. The molecule has 1 N–H and O–H groups in total. The Bertz CT molecular complexity index is 1210. The summed E-state index contributed by atoms with van der Waals surface area (Å²) in [6.07, 6.45) is 3.03. The van der Waals surface area contributed by atoms with Gasteiger partial charge in [-0.25, -0.2) is 0 Å². The summed E-state index contributed by atoms with van der Waals surface area (Å²) in [6, 6.07) is 24.2. The molecule has 0 saturated carbocycles. The van der Waals surface area contributed by atoms with Crippen LogP contribution < -0.4 is 4.90 Å². The molecule has 188 valence electrons. The van der Waals surface area contributed by atoms with Gasteiger partial charge in [0.15, 0.2) is 0 Å². The van der Waals surface area contributed by atoms with Gasteiger partial charge in [-0.05, 0) is 66.3 Å². The predicted octanol–water partition coefficient (Wildman–Crippen LogP) is 6.64. The number of anilines is 1. The van der Waals surface area contributed by atoms with Gasteiger partial charge in [0, 0.05) is 54.6 Å². The minimum atomic E-state index is -0.748. The topological polar surface area (TPSA) is 43.8 Å². The van der Waals surface area contributed by atoms with Crippen LogP contribution >= 0.6 is 23.2 Å². The molecule has 0 bridgehead atoms. The number of hydrogen-bond donors (Lipinski definition) is 1. The first kappa shape index (κ1) is 25.1. The normalized spacial score (nSPS) is 20.9. The van der Waals surface area contributed by atoms with E-state index >= 15 is 0 Å². The zero-order valence-corrected chi connectivity index (χ0v) is 22.1. The molecule has 1 amide bonds. The molecule has 0 aromatic heterocycles. The van der Waals surface area contributed by atoms with E-state index in [9.17, 15) is 9.90 Å². The summed E-state index contributed by atoms with van der Waals surface area (Å²) in [5.41, 5.74) is 3.91. The molecule has 2 aliphatic rings. The summed E-state index contributed by atoms with van der Waals surface area (Å²) in [4.78, 5) is 17.5. The molecule has 0 spiro atoms. The van der Waals surface area contributed by atoms with Crippen LogP contribution in [0.2, 0.25) is 10.0 Å². The smallest absolute Gasteiger partial charge is 0.222 e. The van der Waals surface area contributed by atoms with Crippen LogP contribution in [0.1, 0.15) is 54.3 Å². The van der Waals surface area contributed by atoms with E-state index in [1.54, 1.807) is 0 Å². The van der Waals surface area contributed by atoms with Crippen LogP contribution in [-0.2, 0) is 11.2 Å². The monoisotopic (exact) mass is 522 g/mol. The van der Waals surface area contributed by atoms with Crippen molar-refractivity contribution in [2.75, 3.05) is 25.0 Å². The molecule has 1 fully saturated rings. The summed E-state index contributed by atoms with van der Waals surface area (Å²) in [5.74, 6) is 0.304. The highest BCUT2D eigenvalue weighted by Crippen LogP contribution is 2.51. The van der Waals surface area contributed by atoms with Gasteiger partial charge in [-0.2, -0.15) is 0 Å². The van der Waals surface area contributed by atoms with Crippen molar-refractivity contribution in [3.8, 4) is 0 Å². The van der Waals surface area contributed by atoms with Gasteiger partial charge in [0.1, 0.15) is 0 Å². The van der Waals surface area contributed by atoms with E-state index in [1.807, 2.05) is 47.4 Å². The van der Waals surface area contributed by atoms with Crippen LogP contribution in [0.4, 0.5) is 5.69 Å². The van der Waals surface area contributed by atoms with Crippen molar-refractivity contribution in [3.63, 3.8) is 0 Å². The van der Waals surface area contributed by atoms with Crippen molar-refractivity contribution in [1.82, 2.24) is 4.90 Å². The highest BCUT2D eigenvalue weighted by atomic mass is 35.5. The number of carbonyl (C=O) groups excluding carboxylic acids is 1. The Morgan fingerprint density at radius 3 is 2.33 bits per heavy atom. The number of carbonyl (C=O) groups is 1. The second kappa shape index (κ2) is 10.5. The Hall–Kier alpha value is -2.53. The molecule has 0 aliphatic carbocycles. The quantitative estimate of drug-likeness (QED) is 0.394. The molecular formula is C30H32Cl2N2O2. The van der Waals surface area contributed by atoms with Crippen molar-refractivity contribution in [2.45, 2.75) is 49.7 Å². The van der Waals surface area contributed by atoms with Gasteiger partial charge in [0.2, 0.25) is 5.91 Å². The lowest BCUT2D eigenvalue weighted by Gasteiger charge is -2.38.